The Kier molecular flexibility index (Phi) is 6.17. The number of carbonyl (C=O) groups excluding carboxylic acids is 2. The monoisotopic (exact) mass is 306 g/mol. The molecular weight excluding hydrogens is 284 g/mol. The van der Waals surface area contributed by atoms with E-state index in [2.05, 4.69) is 20.9 Å². The van der Waals surface area contributed by atoms with E-state index in [1.165, 1.54) is 6.92 Å². The molecule has 1 aromatic carbocycles. The molecule has 0 radical (unpaired) electrons. The van der Waals surface area contributed by atoms with Crippen molar-refractivity contribution in [1.82, 2.24) is 10.2 Å². The molecule has 0 spiro atoms. The average Bonchev–Trinajstić information content (AvgIpc) is 2.48. The molecule has 0 atom stereocenters. The zero-order valence-corrected chi connectivity index (χ0v) is 12.7. The second-order valence-electron chi connectivity index (χ2n) is 5.10. The fourth-order valence-corrected chi connectivity index (χ4v) is 2.21. The van der Waals surface area contributed by atoms with E-state index in [4.69, 9.17) is 4.74 Å². The van der Waals surface area contributed by atoms with Crippen LogP contribution in [0, 0.1) is 0 Å². The Balaban J connectivity index is 1.73. The molecule has 2 rings (SSSR count). The number of nitrogens with one attached hydrogen (secondary N) is 3. The van der Waals surface area contributed by atoms with Crippen LogP contribution < -0.4 is 16.0 Å². The quantitative estimate of drug-likeness (QED) is 0.761. The van der Waals surface area contributed by atoms with Gasteiger partial charge >= 0.3 is 6.03 Å². The van der Waals surface area contributed by atoms with Gasteiger partial charge in [-0.1, -0.05) is 6.07 Å². The highest BCUT2D eigenvalue weighted by molar-refractivity contribution is 5.92. The van der Waals surface area contributed by atoms with E-state index in [-0.39, 0.29) is 11.9 Å². The van der Waals surface area contributed by atoms with E-state index in [0.717, 1.165) is 32.8 Å². The summed E-state index contributed by atoms with van der Waals surface area (Å²) in [6.45, 7) is 6.15. The topological polar surface area (TPSA) is 82.7 Å². The molecule has 0 aromatic heterocycles. The third-order valence-electron chi connectivity index (χ3n) is 3.26. The van der Waals surface area contributed by atoms with Crippen molar-refractivity contribution in [2.45, 2.75) is 6.92 Å². The second kappa shape index (κ2) is 8.35. The molecule has 0 saturated carbocycles. The van der Waals surface area contributed by atoms with E-state index < -0.39 is 0 Å². The predicted octanol–water partition coefficient (Wildman–Crippen LogP) is 1.10. The number of hydrogen-bond acceptors (Lipinski definition) is 4. The lowest BCUT2D eigenvalue weighted by molar-refractivity contribution is -0.114. The van der Waals surface area contributed by atoms with E-state index in [0.29, 0.717) is 17.9 Å². The molecule has 7 heteroatoms. The second-order valence-corrected chi connectivity index (χ2v) is 5.10. The van der Waals surface area contributed by atoms with Gasteiger partial charge in [-0.25, -0.2) is 4.79 Å². The van der Waals surface area contributed by atoms with Crippen molar-refractivity contribution in [2.75, 3.05) is 50.0 Å². The van der Waals surface area contributed by atoms with Crippen LogP contribution in [-0.4, -0.2) is 56.2 Å². The first-order chi connectivity index (χ1) is 10.6. The minimum absolute atomic E-state index is 0.146. The number of rotatable bonds is 5. The van der Waals surface area contributed by atoms with Gasteiger partial charge in [0.05, 0.1) is 13.2 Å². The molecule has 1 aliphatic rings. The Morgan fingerprint density at radius 2 is 1.86 bits per heavy atom. The molecule has 1 heterocycles. The third-order valence-corrected chi connectivity index (χ3v) is 3.26. The summed E-state index contributed by atoms with van der Waals surface area (Å²) >= 11 is 0. The average molecular weight is 306 g/mol. The number of hydrogen-bond donors (Lipinski definition) is 3. The van der Waals surface area contributed by atoms with E-state index >= 15 is 0 Å². The first-order valence-corrected chi connectivity index (χ1v) is 7.36. The summed E-state index contributed by atoms with van der Waals surface area (Å²) in [5, 5.41) is 8.24. The summed E-state index contributed by atoms with van der Waals surface area (Å²) in [4.78, 5) is 25.1. The van der Waals surface area contributed by atoms with Crippen molar-refractivity contribution in [3.8, 4) is 0 Å². The molecular formula is C15H22N4O3. The molecule has 3 N–H and O–H groups in total. The maximum absolute atomic E-state index is 11.8. The van der Waals surface area contributed by atoms with Gasteiger partial charge in [-0.15, -0.1) is 0 Å². The van der Waals surface area contributed by atoms with Crippen LogP contribution in [0.2, 0.25) is 0 Å². The molecule has 0 aliphatic carbocycles. The van der Waals surface area contributed by atoms with E-state index in [1.807, 2.05) is 0 Å². The Morgan fingerprint density at radius 3 is 2.55 bits per heavy atom. The highest BCUT2D eigenvalue weighted by Crippen LogP contribution is 2.14. The van der Waals surface area contributed by atoms with Crippen LogP contribution >= 0.6 is 0 Å². The Bertz CT molecular complexity index is 515. The SMILES string of the molecule is CC(=O)Nc1cccc(NC(=O)NCCN2CCOCC2)c1. The van der Waals surface area contributed by atoms with Crippen LogP contribution in [0.15, 0.2) is 24.3 Å². The minimum atomic E-state index is -0.256. The smallest absolute Gasteiger partial charge is 0.319 e. The fourth-order valence-electron chi connectivity index (χ4n) is 2.21. The predicted molar refractivity (Wildman–Crippen MR) is 85.0 cm³/mol. The third kappa shape index (κ3) is 5.71. The molecule has 0 unspecified atom stereocenters. The number of amides is 3. The van der Waals surface area contributed by atoms with Crippen LogP contribution in [0.4, 0.5) is 16.2 Å². The standard InChI is InChI=1S/C15H22N4O3/c1-12(20)17-13-3-2-4-14(11-13)18-15(21)16-5-6-19-7-9-22-10-8-19/h2-4,11H,5-10H2,1H3,(H,17,20)(H2,16,18,21). The maximum atomic E-state index is 11.8. The van der Waals surface area contributed by atoms with Crippen LogP contribution in [0.1, 0.15) is 6.92 Å². The number of urea groups is 1. The highest BCUT2D eigenvalue weighted by Gasteiger charge is 2.10. The summed E-state index contributed by atoms with van der Waals surface area (Å²) in [6, 6.07) is 6.76. The van der Waals surface area contributed by atoms with Gasteiger partial charge in [0.15, 0.2) is 0 Å². The van der Waals surface area contributed by atoms with Gasteiger partial charge < -0.3 is 20.7 Å². The van der Waals surface area contributed by atoms with Gasteiger partial charge in [0.25, 0.3) is 0 Å². The fraction of sp³-hybridized carbons (Fsp3) is 0.467. The molecule has 120 valence electrons. The maximum Gasteiger partial charge on any atom is 0.319 e. The lowest BCUT2D eigenvalue weighted by Gasteiger charge is -2.26. The largest absolute Gasteiger partial charge is 0.379 e. The van der Waals surface area contributed by atoms with Crippen LogP contribution in [0.3, 0.4) is 0 Å². The zero-order chi connectivity index (χ0) is 15.8. The van der Waals surface area contributed by atoms with Gasteiger partial charge in [-0.05, 0) is 18.2 Å². The molecule has 1 aromatic rings. The number of carbonyl (C=O) groups is 2. The molecule has 3 amide bonds. The lowest BCUT2D eigenvalue weighted by atomic mass is 10.3. The van der Waals surface area contributed by atoms with Gasteiger partial charge in [0, 0.05) is 44.5 Å². The molecule has 1 aliphatic heterocycles. The van der Waals surface area contributed by atoms with Gasteiger partial charge in [0.2, 0.25) is 5.91 Å². The number of anilines is 2. The summed E-state index contributed by atoms with van der Waals surface area (Å²) < 4.78 is 5.27. The molecule has 0 bridgehead atoms. The van der Waals surface area contributed by atoms with Gasteiger partial charge in [-0.3, -0.25) is 9.69 Å². The molecule has 1 fully saturated rings. The summed E-state index contributed by atoms with van der Waals surface area (Å²) in [7, 11) is 0. The molecule has 22 heavy (non-hydrogen) atoms. The zero-order valence-electron chi connectivity index (χ0n) is 12.7. The van der Waals surface area contributed by atoms with Crippen molar-refractivity contribution in [3.05, 3.63) is 24.3 Å². The van der Waals surface area contributed by atoms with Crippen LogP contribution in [-0.2, 0) is 9.53 Å². The Morgan fingerprint density at radius 1 is 1.18 bits per heavy atom. The van der Waals surface area contributed by atoms with Crippen LogP contribution in [0.25, 0.3) is 0 Å². The van der Waals surface area contributed by atoms with Crippen LogP contribution in [0.5, 0.6) is 0 Å². The Labute approximate surface area is 130 Å². The number of nitrogens with zero attached hydrogens (tertiary/aromatic N) is 1. The number of ether oxygens (including phenoxy) is 1. The van der Waals surface area contributed by atoms with Crippen molar-refractivity contribution in [1.29, 1.82) is 0 Å². The normalized spacial score (nSPS) is 15.1. The van der Waals surface area contributed by atoms with E-state index in [9.17, 15) is 9.59 Å². The van der Waals surface area contributed by atoms with E-state index in [1.54, 1.807) is 24.3 Å². The number of morpholine rings is 1. The molecule has 1 saturated heterocycles. The lowest BCUT2D eigenvalue weighted by Crippen LogP contribution is -2.42. The highest BCUT2D eigenvalue weighted by atomic mass is 16.5. The van der Waals surface area contributed by atoms with Crippen molar-refractivity contribution >= 4 is 23.3 Å². The van der Waals surface area contributed by atoms with Crippen molar-refractivity contribution in [3.63, 3.8) is 0 Å². The van der Waals surface area contributed by atoms with Crippen molar-refractivity contribution in [2.24, 2.45) is 0 Å². The minimum Gasteiger partial charge on any atom is -0.379 e. The Hall–Kier alpha value is -2.12. The summed E-state index contributed by atoms with van der Waals surface area (Å²) in [5.41, 5.74) is 1.29. The van der Waals surface area contributed by atoms with Crippen molar-refractivity contribution < 1.29 is 14.3 Å². The van der Waals surface area contributed by atoms with Gasteiger partial charge in [-0.2, -0.15) is 0 Å². The number of benzene rings is 1. The first kappa shape index (κ1) is 16.3. The van der Waals surface area contributed by atoms with Gasteiger partial charge in [0.1, 0.15) is 0 Å². The first-order valence-electron chi connectivity index (χ1n) is 7.36. The summed E-state index contributed by atoms with van der Waals surface area (Å²) in [6.07, 6.45) is 0. The summed E-state index contributed by atoms with van der Waals surface area (Å²) in [5.74, 6) is -0.146. The molecule has 7 nitrogen and oxygen atoms in total.